The third-order valence-electron chi connectivity index (χ3n) is 4.68. The molecule has 0 radical (unpaired) electrons. The maximum Gasteiger partial charge on any atom is 0.295 e. The number of rotatable bonds is 7. The number of furan rings is 1. The summed E-state index contributed by atoms with van der Waals surface area (Å²) in [6, 6.07) is 16.7. The van der Waals surface area contributed by atoms with Crippen molar-refractivity contribution < 1.29 is 29.7 Å². The van der Waals surface area contributed by atoms with E-state index in [2.05, 4.69) is 9.44 Å². The molecule has 0 aliphatic rings. The fraction of sp³-hybridized carbons (Fsp3) is 0.0476. The number of anilines is 2. The smallest absolute Gasteiger partial charge is 0.295 e. The lowest BCUT2D eigenvalue weighted by Gasteiger charge is -2.14. The quantitative estimate of drug-likeness (QED) is 0.360. The minimum absolute atomic E-state index is 0.131. The number of sulfone groups is 1. The Morgan fingerprint density at radius 1 is 0.706 bits per heavy atom. The van der Waals surface area contributed by atoms with Crippen LogP contribution >= 0.6 is 11.6 Å². The van der Waals surface area contributed by atoms with Crippen LogP contribution in [0, 0.1) is 0 Å². The van der Waals surface area contributed by atoms with E-state index < -0.39 is 29.9 Å². The van der Waals surface area contributed by atoms with Gasteiger partial charge in [0, 0.05) is 22.7 Å². The number of sulfonamides is 2. The molecule has 9 nitrogen and oxygen atoms in total. The predicted octanol–water partition coefficient (Wildman–Crippen LogP) is 4.09. The zero-order valence-corrected chi connectivity index (χ0v) is 20.6. The zero-order chi connectivity index (χ0) is 24.7. The maximum absolute atomic E-state index is 12.9. The molecule has 0 amide bonds. The summed E-state index contributed by atoms with van der Waals surface area (Å²) in [7, 11) is -12.2. The van der Waals surface area contributed by atoms with Crippen molar-refractivity contribution in [3.63, 3.8) is 0 Å². The van der Waals surface area contributed by atoms with E-state index in [0.29, 0.717) is 11.0 Å². The van der Waals surface area contributed by atoms with Crippen molar-refractivity contribution in [3.8, 4) is 0 Å². The molecule has 2 N–H and O–H groups in total. The number of hydrogen-bond donors (Lipinski definition) is 2. The molecule has 0 unspecified atom stereocenters. The molecule has 0 aliphatic heterocycles. The Kier molecular flexibility index (Phi) is 6.10. The van der Waals surface area contributed by atoms with Gasteiger partial charge in [-0.3, -0.25) is 9.44 Å². The first kappa shape index (κ1) is 24.1. The molecule has 1 aromatic heterocycles. The van der Waals surface area contributed by atoms with Crippen LogP contribution < -0.4 is 9.44 Å². The third kappa shape index (κ3) is 5.04. The Balaban J connectivity index is 1.70. The molecular weight excluding hydrogens is 524 g/mol. The van der Waals surface area contributed by atoms with Gasteiger partial charge in [-0.1, -0.05) is 35.9 Å². The van der Waals surface area contributed by atoms with Crippen LogP contribution in [0.25, 0.3) is 11.0 Å². The molecule has 13 heteroatoms. The number of para-hydroxylation sites is 1. The molecular formula is C21H17ClN2O7S3. The monoisotopic (exact) mass is 540 g/mol. The molecule has 3 aromatic carbocycles. The second-order valence-electron chi connectivity index (χ2n) is 7.25. The van der Waals surface area contributed by atoms with Crippen LogP contribution in [0.3, 0.4) is 0 Å². The topological polar surface area (TPSA) is 140 Å². The van der Waals surface area contributed by atoms with E-state index in [9.17, 15) is 25.3 Å². The van der Waals surface area contributed by atoms with Gasteiger partial charge in [0.2, 0.25) is 5.09 Å². The molecule has 0 aliphatic carbocycles. The standard InChI is InChI=1S/C21H17ClN2O7S3/c1-32(25,26)16-6-4-7-17(13-16)33(27,28)23-18-10-9-15(22)12-19(18)24-34(29,30)21-11-14-5-2-3-8-20(14)31-21/h2-13,23-24H,1H3. The van der Waals surface area contributed by atoms with Crippen molar-refractivity contribution in [1.29, 1.82) is 0 Å². The Morgan fingerprint density at radius 2 is 1.38 bits per heavy atom. The van der Waals surface area contributed by atoms with E-state index in [1.54, 1.807) is 24.3 Å². The summed E-state index contributed by atoms with van der Waals surface area (Å²) >= 11 is 6.01. The van der Waals surface area contributed by atoms with Crippen LogP contribution in [0.1, 0.15) is 0 Å². The lowest BCUT2D eigenvalue weighted by atomic mass is 10.3. The van der Waals surface area contributed by atoms with Crippen LogP contribution in [0.5, 0.6) is 0 Å². The van der Waals surface area contributed by atoms with E-state index in [1.807, 2.05) is 0 Å². The number of halogens is 1. The number of fused-ring (bicyclic) bond motifs is 1. The maximum atomic E-state index is 12.9. The molecule has 178 valence electrons. The molecule has 0 saturated carbocycles. The highest BCUT2D eigenvalue weighted by atomic mass is 35.5. The van der Waals surface area contributed by atoms with Gasteiger partial charge < -0.3 is 4.42 Å². The summed E-state index contributed by atoms with van der Waals surface area (Å²) < 4.78 is 85.3. The Labute approximate surface area is 201 Å². The second-order valence-corrected chi connectivity index (χ2v) is 13.0. The Hall–Kier alpha value is -3.06. The van der Waals surface area contributed by atoms with Gasteiger partial charge in [-0.2, -0.15) is 8.42 Å². The molecule has 1 heterocycles. The van der Waals surface area contributed by atoms with E-state index in [4.69, 9.17) is 16.0 Å². The van der Waals surface area contributed by atoms with Gasteiger partial charge >= 0.3 is 0 Å². The van der Waals surface area contributed by atoms with Gasteiger partial charge in [0.1, 0.15) is 5.58 Å². The predicted molar refractivity (Wildman–Crippen MR) is 129 cm³/mol. The van der Waals surface area contributed by atoms with Crippen molar-refractivity contribution >= 4 is 63.8 Å². The average molecular weight is 541 g/mol. The highest BCUT2D eigenvalue weighted by Gasteiger charge is 2.24. The van der Waals surface area contributed by atoms with Crippen molar-refractivity contribution in [1.82, 2.24) is 0 Å². The second kappa shape index (κ2) is 8.62. The highest BCUT2D eigenvalue weighted by molar-refractivity contribution is 7.93. The van der Waals surface area contributed by atoms with Gasteiger partial charge in [-0.25, -0.2) is 16.8 Å². The first-order valence-electron chi connectivity index (χ1n) is 9.49. The molecule has 0 saturated heterocycles. The van der Waals surface area contributed by atoms with Crippen LogP contribution in [0.15, 0.2) is 92.1 Å². The lowest BCUT2D eigenvalue weighted by Crippen LogP contribution is -2.17. The van der Waals surface area contributed by atoms with Crippen LogP contribution in [0.4, 0.5) is 11.4 Å². The minimum Gasteiger partial charge on any atom is -0.443 e. The first-order valence-corrected chi connectivity index (χ1v) is 14.7. The normalized spacial score (nSPS) is 12.5. The fourth-order valence-electron chi connectivity index (χ4n) is 3.05. The van der Waals surface area contributed by atoms with Crippen LogP contribution in [-0.4, -0.2) is 31.5 Å². The van der Waals surface area contributed by atoms with Gasteiger partial charge in [0.15, 0.2) is 9.84 Å². The van der Waals surface area contributed by atoms with Crippen molar-refractivity contribution in [2.45, 2.75) is 14.9 Å². The summed E-state index contributed by atoms with van der Waals surface area (Å²) in [5, 5.41) is 0.341. The van der Waals surface area contributed by atoms with Gasteiger partial charge in [-0.15, -0.1) is 0 Å². The molecule has 4 aromatic rings. The molecule has 0 spiro atoms. The van der Waals surface area contributed by atoms with Crippen molar-refractivity contribution in [3.05, 3.63) is 77.8 Å². The van der Waals surface area contributed by atoms with Crippen molar-refractivity contribution in [2.24, 2.45) is 0 Å². The largest absolute Gasteiger partial charge is 0.443 e. The van der Waals surface area contributed by atoms with Gasteiger partial charge in [0.05, 0.1) is 21.2 Å². The molecule has 0 bridgehead atoms. The molecule has 0 atom stereocenters. The highest BCUT2D eigenvalue weighted by Crippen LogP contribution is 2.31. The van der Waals surface area contributed by atoms with Gasteiger partial charge in [0.25, 0.3) is 20.0 Å². The summed E-state index contributed by atoms with van der Waals surface area (Å²) in [5.74, 6) is 0. The summed E-state index contributed by atoms with van der Waals surface area (Å²) in [4.78, 5) is -0.506. The zero-order valence-electron chi connectivity index (χ0n) is 17.4. The molecule has 34 heavy (non-hydrogen) atoms. The fourth-order valence-corrected chi connectivity index (χ4v) is 6.13. The van der Waals surface area contributed by atoms with E-state index >= 15 is 0 Å². The minimum atomic E-state index is -4.29. The third-order valence-corrected chi connectivity index (χ3v) is 8.61. The number of nitrogens with one attached hydrogen (secondary N) is 2. The average Bonchev–Trinajstić information content (AvgIpc) is 3.20. The lowest BCUT2D eigenvalue weighted by molar-refractivity contribution is 0.484. The van der Waals surface area contributed by atoms with Gasteiger partial charge in [-0.05, 0) is 42.5 Å². The van der Waals surface area contributed by atoms with Crippen LogP contribution in [-0.2, 0) is 29.9 Å². The summed E-state index contributed by atoms with van der Waals surface area (Å²) in [6.45, 7) is 0. The first-order chi connectivity index (χ1) is 15.8. The van der Waals surface area contributed by atoms with E-state index in [1.165, 1.54) is 42.5 Å². The van der Waals surface area contributed by atoms with Crippen molar-refractivity contribution in [2.75, 3.05) is 15.7 Å². The summed E-state index contributed by atoms with van der Waals surface area (Å²) in [5.41, 5.74) is 0.0743. The Bertz CT molecular complexity index is 1700. The number of benzene rings is 3. The number of hydrogen-bond acceptors (Lipinski definition) is 7. The Morgan fingerprint density at radius 3 is 2.09 bits per heavy atom. The summed E-state index contributed by atoms with van der Waals surface area (Å²) in [6.07, 6.45) is 0.955. The van der Waals surface area contributed by atoms with E-state index in [-0.39, 0.29) is 31.3 Å². The molecule has 4 rings (SSSR count). The molecule has 0 fully saturated rings. The van der Waals surface area contributed by atoms with E-state index in [0.717, 1.165) is 12.3 Å². The van der Waals surface area contributed by atoms with Crippen LogP contribution in [0.2, 0.25) is 5.02 Å². The SMILES string of the molecule is CS(=O)(=O)c1cccc(S(=O)(=O)Nc2ccc(Cl)cc2NS(=O)(=O)c2cc3ccccc3o2)c1.